The number of hydrogen-bond donors (Lipinski definition) is 0. The monoisotopic (exact) mass is 532 g/mol. The van der Waals surface area contributed by atoms with Crippen LogP contribution in [-0.2, 0) is 5.41 Å². The zero-order valence-corrected chi connectivity index (χ0v) is 22.8. The van der Waals surface area contributed by atoms with E-state index in [0.717, 1.165) is 17.1 Å². The number of rotatable bonds is 1. The molecule has 0 N–H and O–H groups in total. The number of benzene rings is 7. The highest BCUT2D eigenvalue weighted by molar-refractivity contribution is 6.05. The Kier molecular flexibility index (Phi) is 4.18. The lowest BCUT2D eigenvalue weighted by molar-refractivity contribution is 0.487. The highest BCUT2D eigenvalue weighted by Gasteiger charge is 2.52. The Hall–Kier alpha value is -5.40. The van der Waals surface area contributed by atoms with E-state index in [2.05, 4.69) is 146 Å². The second-order valence-corrected chi connectivity index (χ2v) is 11.6. The Balaban J connectivity index is 1.28. The van der Waals surface area contributed by atoms with Crippen LogP contribution in [0.2, 0.25) is 0 Å². The molecule has 10 rings (SSSR count). The van der Waals surface area contributed by atoms with Crippen LogP contribution in [0.15, 0.2) is 146 Å². The van der Waals surface area contributed by atoms with Gasteiger partial charge in [0.15, 0.2) is 0 Å². The number of hydrogen-bond acceptors (Lipinski definition) is 1. The average Bonchev–Trinajstić information content (AvgIpc) is 3.52. The first-order chi connectivity index (χ1) is 20.8. The van der Waals surface area contributed by atoms with Gasteiger partial charge in [-0.2, -0.15) is 0 Å². The van der Waals surface area contributed by atoms with Crippen molar-refractivity contribution in [2.45, 2.75) is 5.41 Å². The maximum absolute atomic E-state index is 6.62. The van der Waals surface area contributed by atoms with Crippen LogP contribution in [0, 0.1) is 0 Å². The first kappa shape index (κ1) is 22.3. The van der Waals surface area contributed by atoms with Gasteiger partial charge in [0.1, 0.15) is 11.5 Å². The molecule has 0 fully saturated rings. The predicted octanol–water partition coefficient (Wildman–Crippen LogP) is 10.6. The van der Waals surface area contributed by atoms with Crippen molar-refractivity contribution >= 4 is 10.8 Å². The molecule has 1 heterocycles. The van der Waals surface area contributed by atoms with Gasteiger partial charge in [0, 0.05) is 10.9 Å². The van der Waals surface area contributed by atoms with E-state index in [1.165, 1.54) is 72.0 Å². The molecule has 42 heavy (non-hydrogen) atoms. The Labute approximate surface area is 244 Å². The summed E-state index contributed by atoms with van der Waals surface area (Å²) in [6.07, 6.45) is 0. The fourth-order valence-electron chi connectivity index (χ4n) is 8.13. The van der Waals surface area contributed by atoms with Crippen molar-refractivity contribution in [2.24, 2.45) is 0 Å². The summed E-state index contributed by atoms with van der Waals surface area (Å²) in [5, 5.41) is 2.40. The second kappa shape index (κ2) is 7.87. The average molecular weight is 533 g/mol. The van der Waals surface area contributed by atoms with Crippen molar-refractivity contribution in [3.63, 3.8) is 0 Å². The molecule has 0 atom stereocenters. The molecule has 0 saturated carbocycles. The highest BCUT2D eigenvalue weighted by atomic mass is 16.5. The molecule has 194 valence electrons. The van der Waals surface area contributed by atoms with Crippen LogP contribution >= 0.6 is 0 Å². The van der Waals surface area contributed by atoms with Crippen LogP contribution < -0.4 is 4.74 Å². The summed E-state index contributed by atoms with van der Waals surface area (Å²) in [7, 11) is 0. The summed E-state index contributed by atoms with van der Waals surface area (Å²) in [6, 6.07) is 53.4. The molecule has 0 unspecified atom stereocenters. The minimum Gasteiger partial charge on any atom is -0.456 e. The molecule has 3 aliphatic rings. The Morgan fingerprint density at radius 1 is 0.381 bits per heavy atom. The Morgan fingerprint density at radius 2 is 0.929 bits per heavy atom. The minimum absolute atomic E-state index is 0.384. The van der Waals surface area contributed by atoms with Crippen LogP contribution in [0.1, 0.15) is 22.3 Å². The van der Waals surface area contributed by atoms with Crippen LogP contribution in [0.25, 0.3) is 55.3 Å². The van der Waals surface area contributed by atoms with E-state index in [-0.39, 0.29) is 5.41 Å². The number of fused-ring (bicyclic) bond motifs is 12. The smallest absolute Gasteiger partial charge is 0.135 e. The summed E-state index contributed by atoms with van der Waals surface area (Å²) in [4.78, 5) is 0. The molecule has 1 heteroatoms. The van der Waals surface area contributed by atoms with E-state index in [9.17, 15) is 0 Å². The van der Waals surface area contributed by atoms with E-state index < -0.39 is 0 Å². The van der Waals surface area contributed by atoms with Gasteiger partial charge in [0.2, 0.25) is 0 Å². The van der Waals surface area contributed by atoms with Gasteiger partial charge >= 0.3 is 0 Å². The summed E-state index contributed by atoms with van der Waals surface area (Å²) >= 11 is 0. The summed E-state index contributed by atoms with van der Waals surface area (Å²) in [6.45, 7) is 0. The predicted molar refractivity (Wildman–Crippen MR) is 171 cm³/mol. The zero-order valence-electron chi connectivity index (χ0n) is 22.8. The van der Waals surface area contributed by atoms with Gasteiger partial charge in [-0.1, -0.05) is 127 Å². The topological polar surface area (TPSA) is 9.23 Å². The lowest BCUT2D eigenvalue weighted by atomic mass is 9.68. The zero-order chi connectivity index (χ0) is 27.4. The third kappa shape index (κ3) is 2.60. The molecule has 1 aliphatic heterocycles. The molecule has 0 bridgehead atoms. The van der Waals surface area contributed by atoms with Crippen LogP contribution in [0.4, 0.5) is 0 Å². The lowest BCUT2D eigenvalue weighted by Crippen LogP contribution is -2.26. The SMILES string of the molecule is c1ccc2c(c1)-c1ccccc1C21c2ccccc2-c2cccc(-c3ccc4c(c3)Oc3cccc5cccc-4c35)c21. The van der Waals surface area contributed by atoms with Gasteiger partial charge in [-0.3, -0.25) is 0 Å². The van der Waals surface area contributed by atoms with Crippen molar-refractivity contribution in [3.8, 4) is 56.0 Å². The maximum Gasteiger partial charge on any atom is 0.135 e. The van der Waals surface area contributed by atoms with E-state index in [1.807, 2.05) is 0 Å². The lowest BCUT2D eigenvalue weighted by Gasteiger charge is -2.32. The standard InChI is InChI=1S/C41H24O/c1-4-18-34-28(12-1)29-13-2-5-19-35(29)41(34)36-20-6-3-14-30(36)33-17-9-15-27(40(33)41)26-22-23-31-32-16-7-10-25-11-8-21-37(39(25)32)42-38(31)24-26/h1-24H. The summed E-state index contributed by atoms with van der Waals surface area (Å²) in [5.74, 6) is 1.83. The Bertz CT molecular complexity index is 2220. The fraction of sp³-hybridized carbons (Fsp3) is 0.0244. The van der Waals surface area contributed by atoms with Crippen LogP contribution in [-0.4, -0.2) is 0 Å². The molecule has 2 aliphatic carbocycles. The van der Waals surface area contributed by atoms with Gasteiger partial charge in [0.05, 0.1) is 5.41 Å². The molecule has 7 aromatic carbocycles. The largest absolute Gasteiger partial charge is 0.456 e. The molecule has 0 amide bonds. The van der Waals surface area contributed by atoms with Gasteiger partial charge in [0.25, 0.3) is 0 Å². The Morgan fingerprint density at radius 3 is 1.64 bits per heavy atom. The molecule has 1 nitrogen and oxygen atoms in total. The minimum atomic E-state index is -0.384. The highest BCUT2D eigenvalue weighted by Crippen LogP contribution is 2.64. The summed E-state index contributed by atoms with van der Waals surface area (Å²) < 4.78 is 6.62. The normalized spacial score (nSPS) is 14.1. The van der Waals surface area contributed by atoms with Crippen molar-refractivity contribution in [2.75, 3.05) is 0 Å². The van der Waals surface area contributed by atoms with Crippen LogP contribution in [0.5, 0.6) is 11.5 Å². The van der Waals surface area contributed by atoms with Crippen molar-refractivity contribution in [3.05, 3.63) is 168 Å². The molecule has 0 radical (unpaired) electrons. The molecule has 0 aromatic heterocycles. The van der Waals surface area contributed by atoms with E-state index in [1.54, 1.807) is 0 Å². The van der Waals surface area contributed by atoms with Gasteiger partial charge in [-0.25, -0.2) is 0 Å². The van der Waals surface area contributed by atoms with Crippen molar-refractivity contribution < 1.29 is 4.74 Å². The number of ether oxygens (including phenoxy) is 1. The van der Waals surface area contributed by atoms with Gasteiger partial charge in [-0.15, -0.1) is 0 Å². The van der Waals surface area contributed by atoms with E-state index in [4.69, 9.17) is 4.74 Å². The first-order valence-corrected chi connectivity index (χ1v) is 14.6. The van der Waals surface area contributed by atoms with Crippen molar-refractivity contribution in [1.82, 2.24) is 0 Å². The molecule has 0 saturated heterocycles. The van der Waals surface area contributed by atoms with Gasteiger partial charge in [-0.05, 0) is 84.8 Å². The second-order valence-electron chi connectivity index (χ2n) is 11.6. The van der Waals surface area contributed by atoms with Gasteiger partial charge < -0.3 is 4.74 Å². The van der Waals surface area contributed by atoms with Crippen LogP contribution in [0.3, 0.4) is 0 Å². The molecular weight excluding hydrogens is 508 g/mol. The molecular formula is C41H24O. The molecule has 1 spiro atoms. The van der Waals surface area contributed by atoms with E-state index in [0.29, 0.717) is 0 Å². The quantitative estimate of drug-likeness (QED) is 0.204. The first-order valence-electron chi connectivity index (χ1n) is 14.6. The third-order valence-electron chi connectivity index (χ3n) is 9.68. The fourth-order valence-corrected chi connectivity index (χ4v) is 8.13. The summed E-state index contributed by atoms with van der Waals surface area (Å²) in [5.41, 5.74) is 15.1. The third-order valence-corrected chi connectivity index (χ3v) is 9.68. The van der Waals surface area contributed by atoms with E-state index >= 15 is 0 Å². The van der Waals surface area contributed by atoms with Crippen molar-refractivity contribution in [1.29, 1.82) is 0 Å². The maximum atomic E-state index is 6.62. The molecule has 7 aromatic rings.